The van der Waals surface area contributed by atoms with Crippen molar-refractivity contribution >= 4 is 17.7 Å². The Bertz CT molecular complexity index is 155. The number of ether oxygens (including phenoxy) is 1. The predicted molar refractivity (Wildman–Crippen MR) is 46.1 cm³/mol. The Hall–Kier alpha value is -0.480. The number of hydrogen-bond donors (Lipinski definition) is 2. The Morgan fingerprint density at radius 1 is 1.67 bits per heavy atom. The summed E-state index contributed by atoms with van der Waals surface area (Å²) in [6.07, 6.45) is -0.628. The molecular formula is C7H14ClNO3. The number of carbonyl (C=O) groups is 1. The number of alkyl carbamates (subject to hydrolysis) is 1. The fourth-order valence-electron chi connectivity index (χ4n) is 0.481. The Balaban J connectivity index is 3.75. The van der Waals surface area contributed by atoms with Crippen LogP contribution in [0.4, 0.5) is 4.79 Å². The van der Waals surface area contributed by atoms with E-state index in [1.807, 2.05) is 0 Å². The summed E-state index contributed by atoms with van der Waals surface area (Å²) in [5.74, 6) is 0. The third-order valence-electron chi connectivity index (χ3n) is 0.834. The van der Waals surface area contributed by atoms with Crippen LogP contribution in [0.2, 0.25) is 0 Å². The Labute approximate surface area is 76.9 Å². The summed E-state index contributed by atoms with van der Waals surface area (Å²) in [5.41, 5.74) is -1.34. The highest BCUT2D eigenvalue weighted by molar-refractivity contribution is 6.21. The van der Waals surface area contributed by atoms with Crippen LogP contribution in [-0.2, 0) is 4.74 Å². The highest BCUT2D eigenvalue weighted by Gasteiger charge is 2.17. The first-order valence-electron chi connectivity index (χ1n) is 3.59. The van der Waals surface area contributed by atoms with Gasteiger partial charge in [0.15, 0.2) is 0 Å². The van der Waals surface area contributed by atoms with Crippen molar-refractivity contribution in [1.82, 2.24) is 5.32 Å². The van der Waals surface area contributed by atoms with E-state index < -0.39 is 17.2 Å². The van der Waals surface area contributed by atoms with Gasteiger partial charge in [-0.1, -0.05) is 11.6 Å². The van der Waals surface area contributed by atoms with Crippen LogP contribution in [0.5, 0.6) is 0 Å². The van der Waals surface area contributed by atoms with Gasteiger partial charge >= 0.3 is 6.09 Å². The van der Waals surface area contributed by atoms with Crippen LogP contribution in [0.3, 0.4) is 0 Å². The minimum atomic E-state index is -0.792. The molecule has 0 aliphatic rings. The fraction of sp³-hybridized carbons (Fsp3) is 0.857. The molecule has 1 unspecified atom stereocenters. The van der Waals surface area contributed by atoms with Crippen molar-refractivity contribution in [2.24, 2.45) is 0 Å². The van der Waals surface area contributed by atoms with E-state index in [1.165, 1.54) is 0 Å². The van der Waals surface area contributed by atoms with Gasteiger partial charge in [0.2, 0.25) is 0 Å². The Morgan fingerprint density at radius 3 is 2.50 bits per heavy atom. The maximum absolute atomic E-state index is 10.9. The SMILES string of the molecule is CC(C)(C)OC(=O)NC(Cl)CO. The van der Waals surface area contributed by atoms with Crippen LogP contribution < -0.4 is 5.32 Å². The third kappa shape index (κ3) is 6.24. The minimum absolute atomic E-state index is 0.319. The van der Waals surface area contributed by atoms with Gasteiger partial charge in [0, 0.05) is 0 Å². The second kappa shape index (κ2) is 4.52. The Kier molecular flexibility index (Phi) is 4.34. The normalized spacial score (nSPS) is 13.8. The zero-order valence-electron chi connectivity index (χ0n) is 7.43. The van der Waals surface area contributed by atoms with Gasteiger partial charge in [-0.05, 0) is 20.8 Å². The van der Waals surface area contributed by atoms with Crippen molar-refractivity contribution in [3.05, 3.63) is 0 Å². The van der Waals surface area contributed by atoms with Crippen molar-refractivity contribution in [3.63, 3.8) is 0 Å². The number of halogens is 1. The van der Waals surface area contributed by atoms with Crippen molar-refractivity contribution in [3.8, 4) is 0 Å². The first kappa shape index (κ1) is 11.5. The van der Waals surface area contributed by atoms with Crippen LogP contribution in [0.1, 0.15) is 20.8 Å². The number of carbonyl (C=O) groups excluding carboxylic acids is 1. The predicted octanol–water partition coefficient (Wildman–Crippen LogP) is 1.07. The molecule has 0 saturated heterocycles. The van der Waals surface area contributed by atoms with Gasteiger partial charge in [0.05, 0.1) is 6.61 Å². The van der Waals surface area contributed by atoms with Gasteiger partial charge in [-0.15, -0.1) is 0 Å². The molecule has 0 spiro atoms. The zero-order chi connectivity index (χ0) is 9.78. The molecule has 0 aliphatic carbocycles. The molecule has 12 heavy (non-hydrogen) atoms. The lowest BCUT2D eigenvalue weighted by Crippen LogP contribution is -2.38. The quantitative estimate of drug-likeness (QED) is 0.512. The van der Waals surface area contributed by atoms with Crippen LogP contribution in [0.15, 0.2) is 0 Å². The number of aliphatic hydroxyl groups is 1. The molecule has 5 heteroatoms. The highest BCUT2D eigenvalue weighted by atomic mass is 35.5. The van der Waals surface area contributed by atoms with E-state index in [0.717, 1.165) is 0 Å². The maximum atomic E-state index is 10.9. The molecule has 0 saturated carbocycles. The summed E-state index contributed by atoms with van der Waals surface area (Å²) in [5, 5.41) is 10.7. The van der Waals surface area contributed by atoms with Gasteiger partial charge < -0.3 is 15.2 Å². The Morgan fingerprint density at radius 2 is 2.17 bits per heavy atom. The zero-order valence-corrected chi connectivity index (χ0v) is 8.18. The van der Waals surface area contributed by atoms with Crippen molar-refractivity contribution in [1.29, 1.82) is 0 Å². The summed E-state index contributed by atoms with van der Waals surface area (Å²) in [6, 6.07) is 0. The second-order valence-corrected chi connectivity index (χ2v) is 3.82. The summed E-state index contributed by atoms with van der Waals surface area (Å²) in [6.45, 7) is 4.92. The summed E-state index contributed by atoms with van der Waals surface area (Å²) >= 11 is 5.43. The third-order valence-corrected chi connectivity index (χ3v) is 1.08. The molecule has 72 valence electrons. The van der Waals surface area contributed by atoms with E-state index in [9.17, 15) is 4.79 Å². The van der Waals surface area contributed by atoms with E-state index in [2.05, 4.69) is 5.32 Å². The van der Waals surface area contributed by atoms with Crippen molar-refractivity contribution in [2.75, 3.05) is 6.61 Å². The van der Waals surface area contributed by atoms with Crippen molar-refractivity contribution < 1.29 is 14.6 Å². The second-order valence-electron chi connectivity index (χ2n) is 3.30. The molecule has 0 bridgehead atoms. The largest absolute Gasteiger partial charge is 0.444 e. The molecule has 0 heterocycles. The molecule has 0 aromatic carbocycles. The highest BCUT2D eigenvalue weighted by Crippen LogP contribution is 2.06. The molecule has 1 amide bonds. The lowest BCUT2D eigenvalue weighted by Gasteiger charge is -2.20. The van der Waals surface area contributed by atoms with E-state index >= 15 is 0 Å². The van der Waals surface area contributed by atoms with Crippen molar-refractivity contribution in [2.45, 2.75) is 31.9 Å². The lowest BCUT2D eigenvalue weighted by atomic mass is 10.2. The molecule has 0 aliphatic heterocycles. The minimum Gasteiger partial charge on any atom is -0.444 e. The van der Waals surface area contributed by atoms with E-state index in [0.29, 0.717) is 0 Å². The fourth-order valence-corrected chi connectivity index (χ4v) is 0.570. The lowest BCUT2D eigenvalue weighted by molar-refractivity contribution is 0.0507. The molecule has 0 rings (SSSR count). The van der Waals surface area contributed by atoms with E-state index in [4.69, 9.17) is 21.4 Å². The van der Waals surface area contributed by atoms with Crippen LogP contribution in [0, 0.1) is 0 Å². The van der Waals surface area contributed by atoms with E-state index in [-0.39, 0.29) is 6.61 Å². The topological polar surface area (TPSA) is 58.6 Å². The number of hydrogen-bond acceptors (Lipinski definition) is 3. The molecular weight excluding hydrogens is 182 g/mol. The molecule has 0 radical (unpaired) electrons. The van der Waals surface area contributed by atoms with Gasteiger partial charge in [-0.25, -0.2) is 4.79 Å². The number of alkyl halides is 1. The summed E-state index contributed by atoms with van der Waals surface area (Å²) < 4.78 is 4.86. The number of amides is 1. The number of nitrogens with one attached hydrogen (secondary N) is 1. The van der Waals surface area contributed by atoms with Gasteiger partial charge in [0.25, 0.3) is 0 Å². The molecule has 0 fully saturated rings. The average Bonchev–Trinajstić information content (AvgIpc) is 1.82. The standard InChI is InChI=1S/C7H14ClNO3/c1-7(2,3)12-6(11)9-5(8)4-10/h5,10H,4H2,1-3H3,(H,9,11). The van der Waals surface area contributed by atoms with Crippen LogP contribution >= 0.6 is 11.6 Å². The van der Waals surface area contributed by atoms with E-state index in [1.54, 1.807) is 20.8 Å². The van der Waals surface area contributed by atoms with Gasteiger partial charge in [0.1, 0.15) is 11.1 Å². The first-order chi connectivity index (χ1) is 5.35. The monoisotopic (exact) mass is 195 g/mol. The molecule has 4 nitrogen and oxygen atoms in total. The number of rotatable bonds is 2. The number of aliphatic hydroxyl groups excluding tert-OH is 1. The smallest absolute Gasteiger partial charge is 0.408 e. The molecule has 2 N–H and O–H groups in total. The molecule has 0 aromatic rings. The average molecular weight is 196 g/mol. The maximum Gasteiger partial charge on any atom is 0.408 e. The van der Waals surface area contributed by atoms with Crippen LogP contribution in [0.25, 0.3) is 0 Å². The summed E-state index contributed by atoms with van der Waals surface area (Å²) in [4.78, 5) is 10.9. The van der Waals surface area contributed by atoms with Gasteiger partial charge in [-0.2, -0.15) is 0 Å². The summed E-state index contributed by atoms with van der Waals surface area (Å²) in [7, 11) is 0. The molecule has 1 atom stereocenters. The molecule has 0 aromatic heterocycles. The van der Waals surface area contributed by atoms with Gasteiger partial charge in [-0.3, -0.25) is 0 Å². The first-order valence-corrected chi connectivity index (χ1v) is 4.03. The van der Waals surface area contributed by atoms with Crippen LogP contribution in [-0.4, -0.2) is 28.9 Å².